The highest BCUT2D eigenvalue weighted by atomic mass is 32.2. The standard InChI is InChI=1S/C12H14NO3S/c14-11(15)6-8-17-9-7-13-12(16)10-4-2-1-3-5-10/h1-6H,7-9H2,(H,13,16)(H,14,15). The minimum atomic E-state index is -0.911. The third kappa shape index (κ3) is 5.97. The zero-order chi connectivity index (χ0) is 12.5. The highest BCUT2D eigenvalue weighted by molar-refractivity contribution is 7.99. The lowest BCUT2D eigenvalue weighted by molar-refractivity contribution is -0.132. The SMILES string of the molecule is O=C(O)[CH]CSCCNC(=O)c1ccccc1. The Morgan fingerprint density at radius 2 is 2.00 bits per heavy atom. The zero-order valence-corrected chi connectivity index (χ0v) is 10.1. The van der Waals surface area contributed by atoms with E-state index in [1.54, 1.807) is 12.1 Å². The van der Waals surface area contributed by atoms with Crippen LogP contribution in [-0.4, -0.2) is 35.0 Å². The van der Waals surface area contributed by atoms with Crippen molar-refractivity contribution in [1.82, 2.24) is 5.32 Å². The second-order valence-electron chi connectivity index (χ2n) is 3.24. The largest absolute Gasteiger partial charge is 0.481 e. The van der Waals surface area contributed by atoms with Crippen LogP contribution in [0.2, 0.25) is 0 Å². The number of aliphatic carboxylic acids is 1. The predicted octanol–water partition coefficient (Wildman–Crippen LogP) is 1.44. The number of hydrogen-bond donors (Lipinski definition) is 2. The molecule has 1 radical (unpaired) electrons. The van der Waals surface area contributed by atoms with Crippen LogP contribution < -0.4 is 5.32 Å². The molecule has 0 fully saturated rings. The molecule has 0 bridgehead atoms. The van der Waals surface area contributed by atoms with E-state index in [0.717, 1.165) is 0 Å². The molecule has 0 aliphatic rings. The van der Waals surface area contributed by atoms with Crippen LogP contribution in [0.1, 0.15) is 10.4 Å². The predicted molar refractivity (Wildman–Crippen MR) is 68.0 cm³/mol. The van der Waals surface area contributed by atoms with Crippen molar-refractivity contribution < 1.29 is 14.7 Å². The van der Waals surface area contributed by atoms with Gasteiger partial charge >= 0.3 is 5.97 Å². The number of benzene rings is 1. The number of amides is 1. The van der Waals surface area contributed by atoms with E-state index in [0.29, 0.717) is 23.6 Å². The Bertz CT molecular complexity index is 367. The van der Waals surface area contributed by atoms with Crippen molar-refractivity contribution in [3.63, 3.8) is 0 Å². The van der Waals surface area contributed by atoms with Crippen LogP contribution in [0.25, 0.3) is 0 Å². The van der Waals surface area contributed by atoms with Crippen LogP contribution in [0.3, 0.4) is 0 Å². The molecule has 0 saturated heterocycles. The molecule has 4 nitrogen and oxygen atoms in total. The van der Waals surface area contributed by atoms with E-state index in [2.05, 4.69) is 5.32 Å². The molecule has 1 rings (SSSR count). The molecule has 0 aromatic heterocycles. The zero-order valence-electron chi connectivity index (χ0n) is 9.26. The minimum Gasteiger partial charge on any atom is -0.481 e. The Labute approximate surface area is 104 Å². The molecule has 0 atom stereocenters. The maximum atomic E-state index is 11.6. The molecule has 1 aromatic rings. The summed E-state index contributed by atoms with van der Waals surface area (Å²) < 4.78 is 0. The van der Waals surface area contributed by atoms with Gasteiger partial charge in [0.25, 0.3) is 5.91 Å². The van der Waals surface area contributed by atoms with E-state index in [4.69, 9.17) is 5.11 Å². The van der Waals surface area contributed by atoms with Crippen LogP contribution in [0.5, 0.6) is 0 Å². The van der Waals surface area contributed by atoms with Gasteiger partial charge in [-0.05, 0) is 12.1 Å². The van der Waals surface area contributed by atoms with Crippen molar-refractivity contribution >= 4 is 23.6 Å². The van der Waals surface area contributed by atoms with Gasteiger partial charge in [0, 0.05) is 23.6 Å². The molecule has 1 amide bonds. The molecule has 0 aliphatic heterocycles. The first-order chi connectivity index (χ1) is 8.20. The molecule has 0 aliphatic carbocycles. The Hall–Kier alpha value is -1.49. The lowest BCUT2D eigenvalue weighted by Crippen LogP contribution is -2.25. The van der Waals surface area contributed by atoms with Gasteiger partial charge in [-0.3, -0.25) is 9.59 Å². The number of hydrogen-bond acceptors (Lipinski definition) is 3. The van der Waals surface area contributed by atoms with Gasteiger partial charge in [-0.1, -0.05) is 18.2 Å². The monoisotopic (exact) mass is 252 g/mol. The average molecular weight is 252 g/mol. The van der Waals surface area contributed by atoms with Gasteiger partial charge in [0.1, 0.15) is 0 Å². The van der Waals surface area contributed by atoms with Gasteiger partial charge in [0.2, 0.25) is 0 Å². The summed E-state index contributed by atoms with van der Waals surface area (Å²) in [6.07, 6.45) is 1.20. The molecule has 0 heterocycles. The Kier molecular flexibility index (Phi) is 6.17. The summed E-state index contributed by atoms with van der Waals surface area (Å²) in [6.45, 7) is 0.534. The lowest BCUT2D eigenvalue weighted by atomic mass is 10.2. The second-order valence-corrected chi connectivity index (χ2v) is 4.39. The quantitative estimate of drug-likeness (QED) is 0.721. The Balaban J connectivity index is 2.11. The topological polar surface area (TPSA) is 66.4 Å². The van der Waals surface area contributed by atoms with Gasteiger partial charge < -0.3 is 10.4 Å². The van der Waals surface area contributed by atoms with E-state index in [-0.39, 0.29) is 5.91 Å². The first-order valence-electron chi connectivity index (χ1n) is 5.17. The number of carbonyl (C=O) groups excluding carboxylic acids is 1. The maximum Gasteiger partial charge on any atom is 0.308 e. The normalized spacial score (nSPS) is 9.88. The summed E-state index contributed by atoms with van der Waals surface area (Å²) in [5, 5.41) is 11.1. The summed E-state index contributed by atoms with van der Waals surface area (Å²) in [4.78, 5) is 21.7. The van der Waals surface area contributed by atoms with Gasteiger partial charge in [0.15, 0.2) is 0 Å². The van der Waals surface area contributed by atoms with Gasteiger partial charge in [0.05, 0.1) is 6.42 Å². The molecule has 91 valence electrons. The third-order valence-corrected chi connectivity index (χ3v) is 2.84. The molecular weight excluding hydrogens is 238 g/mol. The maximum absolute atomic E-state index is 11.6. The molecule has 2 N–H and O–H groups in total. The van der Waals surface area contributed by atoms with Crippen molar-refractivity contribution in [2.24, 2.45) is 0 Å². The molecule has 5 heteroatoms. The van der Waals surface area contributed by atoms with Gasteiger partial charge in [-0.2, -0.15) is 11.8 Å². The van der Waals surface area contributed by atoms with Crippen LogP contribution in [0.4, 0.5) is 0 Å². The summed E-state index contributed by atoms with van der Waals surface area (Å²) in [6, 6.07) is 8.98. The second kappa shape index (κ2) is 7.73. The molecule has 0 spiro atoms. The average Bonchev–Trinajstić information content (AvgIpc) is 2.34. The number of carboxylic acid groups (broad SMARTS) is 1. The number of rotatable bonds is 7. The van der Waals surface area contributed by atoms with Gasteiger partial charge in [-0.25, -0.2) is 0 Å². The van der Waals surface area contributed by atoms with Crippen LogP contribution in [0, 0.1) is 6.42 Å². The lowest BCUT2D eigenvalue weighted by Gasteiger charge is -2.04. The van der Waals surface area contributed by atoms with E-state index >= 15 is 0 Å². The minimum absolute atomic E-state index is 0.103. The van der Waals surface area contributed by atoms with E-state index in [9.17, 15) is 9.59 Å². The first-order valence-corrected chi connectivity index (χ1v) is 6.33. The van der Waals surface area contributed by atoms with Crippen molar-refractivity contribution in [3.8, 4) is 0 Å². The highest BCUT2D eigenvalue weighted by Crippen LogP contribution is 2.01. The highest BCUT2D eigenvalue weighted by Gasteiger charge is 2.03. The molecular formula is C12H14NO3S. The van der Waals surface area contributed by atoms with Crippen molar-refractivity contribution in [2.75, 3.05) is 18.1 Å². The van der Waals surface area contributed by atoms with Crippen LogP contribution >= 0.6 is 11.8 Å². The van der Waals surface area contributed by atoms with Crippen molar-refractivity contribution in [1.29, 1.82) is 0 Å². The molecule has 0 saturated carbocycles. The van der Waals surface area contributed by atoms with E-state index in [1.807, 2.05) is 18.2 Å². The summed E-state index contributed by atoms with van der Waals surface area (Å²) in [7, 11) is 0. The number of nitrogens with one attached hydrogen (secondary N) is 1. The fourth-order valence-corrected chi connectivity index (χ4v) is 1.82. The summed E-state index contributed by atoms with van der Waals surface area (Å²) in [5.74, 6) is 0.137. The molecule has 17 heavy (non-hydrogen) atoms. The number of carbonyl (C=O) groups is 2. The third-order valence-electron chi connectivity index (χ3n) is 1.94. The summed E-state index contributed by atoms with van der Waals surface area (Å²) in [5.41, 5.74) is 0.634. The summed E-state index contributed by atoms with van der Waals surface area (Å²) >= 11 is 1.47. The molecule has 0 unspecified atom stereocenters. The van der Waals surface area contributed by atoms with Crippen molar-refractivity contribution in [2.45, 2.75) is 0 Å². The molecule has 1 aromatic carbocycles. The van der Waals surface area contributed by atoms with E-state index < -0.39 is 5.97 Å². The van der Waals surface area contributed by atoms with Crippen LogP contribution in [0.15, 0.2) is 30.3 Å². The smallest absolute Gasteiger partial charge is 0.308 e. The Morgan fingerprint density at radius 3 is 2.65 bits per heavy atom. The number of thioether (sulfide) groups is 1. The van der Waals surface area contributed by atoms with Crippen molar-refractivity contribution in [3.05, 3.63) is 42.3 Å². The van der Waals surface area contributed by atoms with E-state index in [1.165, 1.54) is 18.2 Å². The Morgan fingerprint density at radius 1 is 1.29 bits per heavy atom. The van der Waals surface area contributed by atoms with Crippen LogP contribution in [-0.2, 0) is 4.79 Å². The van der Waals surface area contributed by atoms with Gasteiger partial charge in [-0.15, -0.1) is 0 Å². The fraction of sp³-hybridized carbons (Fsp3) is 0.250. The first kappa shape index (κ1) is 13.6. The number of carboxylic acids is 1. The fourth-order valence-electron chi connectivity index (χ4n) is 1.14.